The summed E-state index contributed by atoms with van der Waals surface area (Å²) < 4.78 is 10.3. The monoisotopic (exact) mass is 654 g/mol. The molecule has 2 aliphatic rings. The number of hydroxylamine groups is 2. The fourth-order valence-corrected chi connectivity index (χ4v) is 5.44. The number of aliphatic hydroxyl groups excluding tert-OH is 1. The minimum atomic E-state index is -1.07. The van der Waals surface area contributed by atoms with Gasteiger partial charge in [-0.1, -0.05) is 43.2 Å². The van der Waals surface area contributed by atoms with Crippen LogP contribution in [-0.4, -0.2) is 106 Å². The largest absolute Gasteiger partial charge is 0.527 e. The van der Waals surface area contributed by atoms with E-state index in [9.17, 15) is 24.3 Å². The maximum absolute atomic E-state index is 13.8. The fourth-order valence-electron chi connectivity index (χ4n) is 5.44. The van der Waals surface area contributed by atoms with Gasteiger partial charge in [-0.05, 0) is 47.0 Å². The second-order valence-electron chi connectivity index (χ2n) is 12.6. The molecule has 1 aliphatic heterocycles. The van der Waals surface area contributed by atoms with Gasteiger partial charge in [0.2, 0.25) is 5.91 Å². The first-order valence-electron chi connectivity index (χ1n) is 16.2. The molecule has 0 bridgehead atoms. The molecule has 47 heavy (non-hydrogen) atoms. The number of benzene rings is 1. The first kappa shape index (κ1) is 35.6. The van der Waals surface area contributed by atoms with Gasteiger partial charge >= 0.3 is 12.1 Å². The van der Waals surface area contributed by atoms with Crippen molar-refractivity contribution in [2.24, 2.45) is 0 Å². The standard InChI is InChI=1S/C33H46N6O8/c1-5-45-32(44)47-39-19-17-38(18-20-39)31(43)24(15-16-28(41)46-33(2,3)4)36-30(42)25-21-27(34-23-13-9-10-14-26(23)40)37-29(35-25)22-11-7-6-8-12-22/h6-8,11-12,21,23-24,26,40H,5,9-10,13-20H2,1-4H3,(H,36,42)(H,34,35,37)/t23-,24+,26-/m1/s1. The minimum absolute atomic E-state index is 0.00493. The van der Waals surface area contributed by atoms with Crippen LogP contribution in [0.15, 0.2) is 36.4 Å². The second kappa shape index (κ2) is 16.5. The Kier molecular flexibility index (Phi) is 12.5. The number of ether oxygens (including phenoxy) is 2. The van der Waals surface area contributed by atoms with Gasteiger partial charge in [0.15, 0.2) is 5.82 Å². The molecule has 1 saturated heterocycles. The van der Waals surface area contributed by atoms with Gasteiger partial charge in [0, 0.05) is 31.1 Å². The van der Waals surface area contributed by atoms with Crippen molar-refractivity contribution in [3.8, 4) is 11.4 Å². The molecule has 3 atom stereocenters. The molecule has 256 valence electrons. The molecule has 3 N–H and O–H groups in total. The lowest BCUT2D eigenvalue weighted by atomic mass is 9.92. The molecular weight excluding hydrogens is 608 g/mol. The van der Waals surface area contributed by atoms with Gasteiger partial charge in [-0.15, -0.1) is 5.06 Å². The number of nitrogens with one attached hydrogen (secondary N) is 2. The number of carbonyl (C=O) groups is 4. The van der Waals surface area contributed by atoms with E-state index in [1.54, 1.807) is 32.6 Å². The number of hydrogen-bond acceptors (Lipinski definition) is 12. The molecule has 2 fully saturated rings. The van der Waals surface area contributed by atoms with Crippen LogP contribution in [0, 0.1) is 0 Å². The van der Waals surface area contributed by atoms with Crippen molar-refractivity contribution in [3.05, 3.63) is 42.1 Å². The summed E-state index contributed by atoms with van der Waals surface area (Å²) in [4.78, 5) is 67.8. The number of aromatic nitrogens is 2. The Bertz CT molecular complexity index is 1380. The van der Waals surface area contributed by atoms with Crippen LogP contribution < -0.4 is 10.6 Å². The van der Waals surface area contributed by atoms with E-state index in [0.29, 0.717) is 23.6 Å². The third-order valence-electron chi connectivity index (χ3n) is 7.73. The topological polar surface area (TPSA) is 173 Å². The van der Waals surface area contributed by atoms with Crippen molar-refractivity contribution >= 4 is 29.8 Å². The van der Waals surface area contributed by atoms with E-state index >= 15 is 0 Å². The summed E-state index contributed by atoms with van der Waals surface area (Å²) in [5.74, 6) is -0.824. The first-order chi connectivity index (χ1) is 22.4. The average molecular weight is 655 g/mol. The lowest BCUT2D eigenvalue weighted by Crippen LogP contribution is -2.55. The number of esters is 1. The predicted molar refractivity (Wildman–Crippen MR) is 172 cm³/mol. The number of piperazine rings is 1. The highest BCUT2D eigenvalue weighted by atomic mass is 16.8. The van der Waals surface area contributed by atoms with Crippen LogP contribution in [0.5, 0.6) is 0 Å². The molecule has 1 aromatic heterocycles. The summed E-state index contributed by atoms with van der Waals surface area (Å²) in [6.45, 7) is 8.04. The normalized spacial score (nSPS) is 19.3. The zero-order valence-electron chi connectivity index (χ0n) is 27.6. The number of hydrogen-bond donors (Lipinski definition) is 3. The summed E-state index contributed by atoms with van der Waals surface area (Å²) in [6.07, 6.45) is 1.86. The molecule has 1 aliphatic carbocycles. The van der Waals surface area contributed by atoms with Crippen molar-refractivity contribution in [1.82, 2.24) is 25.2 Å². The van der Waals surface area contributed by atoms with Crippen LogP contribution in [0.3, 0.4) is 0 Å². The Morgan fingerprint density at radius 1 is 1.02 bits per heavy atom. The average Bonchev–Trinajstić information content (AvgIpc) is 3.03. The molecule has 1 saturated carbocycles. The molecule has 14 heteroatoms. The van der Waals surface area contributed by atoms with E-state index in [1.807, 2.05) is 30.3 Å². The summed E-state index contributed by atoms with van der Waals surface area (Å²) in [6, 6.07) is 9.40. The van der Waals surface area contributed by atoms with Gasteiger partial charge in [0.05, 0.1) is 31.8 Å². The Morgan fingerprint density at radius 3 is 2.38 bits per heavy atom. The Balaban J connectivity index is 1.54. The third kappa shape index (κ3) is 10.9. The van der Waals surface area contributed by atoms with Gasteiger partial charge < -0.3 is 35.0 Å². The van der Waals surface area contributed by atoms with Gasteiger partial charge in [-0.3, -0.25) is 14.4 Å². The summed E-state index contributed by atoms with van der Waals surface area (Å²) in [5, 5.41) is 18.1. The first-order valence-corrected chi connectivity index (χ1v) is 16.2. The van der Waals surface area contributed by atoms with Crippen molar-refractivity contribution < 1.29 is 38.6 Å². The van der Waals surface area contributed by atoms with Crippen molar-refractivity contribution in [2.75, 3.05) is 38.1 Å². The minimum Gasteiger partial charge on any atom is -0.460 e. The SMILES string of the molecule is CCOC(=O)ON1CCN(C(=O)[C@H](CCC(=O)OC(C)(C)C)NC(=O)c2cc(N[C@@H]3CCCC[C@H]3O)nc(-c3ccccc3)n2)CC1. The summed E-state index contributed by atoms with van der Waals surface area (Å²) in [7, 11) is 0. The number of amides is 2. The molecule has 4 rings (SSSR count). The molecule has 0 spiro atoms. The van der Waals surface area contributed by atoms with E-state index in [2.05, 4.69) is 20.6 Å². The Labute approximate surface area is 275 Å². The smallest absolute Gasteiger partial charge is 0.460 e. The number of aliphatic hydroxyl groups is 1. The van der Waals surface area contributed by atoms with E-state index < -0.39 is 41.7 Å². The third-order valence-corrected chi connectivity index (χ3v) is 7.73. The quantitative estimate of drug-likeness (QED) is 0.302. The molecular formula is C33H46N6O8. The molecule has 1 aromatic carbocycles. The second-order valence-corrected chi connectivity index (χ2v) is 12.6. The number of rotatable bonds is 11. The van der Waals surface area contributed by atoms with Crippen molar-refractivity contribution in [1.29, 1.82) is 0 Å². The lowest BCUT2D eigenvalue weighted by molar-refractivity contribution is -0.158. The van der Waals surface area contributed by atoms with Crippen LogP contribution in [-0.2, 0) is 23.9 Å². The zero-order valence-corrected chi connectivity index (χ0v) is 27.6. The summed E-state index contributed by atoms with van der Waals surface area (Å²) in [5.41, 5.74) is 0.00312. The lowest BCUT2D eigenvalue weighted by Gasteiger charge is -2.35. The highest BCUT2D eigenvalue weighted by molar-refractivity contribution is 5.97. The van der Waals surface area contributed by atoms with Crippen molar-refractivity contribution in [2.45, 2.75) is 90.0 Å². The van der Waals surface area contributed by atoms with Crippen LogP contribution in [0.25, 0.3) is 11.4 Å². The van der Waals surface area contributed by atoms with E-state index in [0.717, 1.165) is 19.3 Å². The van der Waals surface area contributed by atoms with Gasteiger partial charge in [-0.2, -0.15) is 0 Å². The molecule has 14 nitrogen and oxygen atoms in total. The molecule has 0 unspecified atom stereocenters. The number of carbonyl (C=O) groups excluding carboxylic acids is 4. The Morgan fingerprint density at radius 2 is 1.72 bits per heavy atom. The molecule has 2 aromatic rings. The van der Waals surface area contributed by atoms with Crippen LogP contribution in [0.4, 0.5) is 10.6 Å². The van der Waals surface area contributed by atoms with E-state index in [-0.39, 0.29) is 57.4 Å². The van der Waals surface area contributed by atoms with Gasteiger partial charge in [0.1, 0.15) is 23.2 Å². The van der Waals surface area contributed by atoms with Crippen LogP contribution in [0.1, 0.15) is 76.7 Å². The predicted octanol–water partition coefficient (Wildman–Crippen LogP) is 3.31. The van der Waals surface area contributed by atoms with Gasteiger partial charge in [-0.25, -0.2) is 14.8 Å². The molecule has 2 heterocycles. The Hall–Kier alpha value is -4.30. The number of nitrogens with zero attached hydrogens (tertiary/aromatic N) is 4. The maximum Gasteiger partial charge on any atom is 0.527 e. The van der Waals surface area contributed by atoms with Gasteiger partial charge in [0.25, 0.3) is 5.91 Å². The van der Waals surface area contributed by atoms with E-state index in [4.69, 9.17) is 14.3 Å². The van der Waals surface area contributed by atoms with Crippen LogP contribution in [0.2, 0.25) is 0 Å². The highest BCUT2D eigenvalue weighted by Gasteiger charge is 2.32. The molecule has 2 amide bonds. The van der Waals surface area contributed by atoms with Crippen molar-refractivity contribution in [3.63, 3.8) is 0 Å². The highest BCUT2D eigenvalue weighted by Crippen LogP contribution is 2.24. The van der Waals surface area contributed by atoms with E-state index in [1.165, 1.54) is 11.1 Å². The molecule has 0 radical (unpaired) electrons. The summed E-state index contributed by atoms with van der Waals surface area (Å²) >= 11 is 0. The number of anilines is 1. The maximum atomic E-state index is 13.8. The van der Waals surface area contributed by atoms with Crippen LogP contribution >= 0.6 is 0 Å². The zero-order chi connectivity index (χ0) is 34.0. The fraction of sp³-hybridized carbons (Fsp3) is 0.576.